The molecule has 1 fully saturated rings. The minimum absolute atomic E-state index is 0.0842. The summed E-state index contributed by atoms with van der Waals surface area (Å²) in [6.07, 6.45) is 0.137. The first-order valence-corrected chi connectivity index (χ1v) is 10.1. The molecule has 1 aliphatic rings. The van der Waals surface area contributed by atoms with Crippen LogP contribution in [0, 0.1) is 12.8 Å². The van der Waals surface area contributed by atoms with E-state index in [0.29, 0.717) is 23.5 Å². The number of aryl methyl sites for hydroxylation is 1. The number of anilines is 3. The number of hydrogen-bond donors (Lipinski definition) is 2. The molecule has 0 unspecified atom stereocenters. The highest BCUT2D eigenvalue weighted by molar-refractivity contribution is 6.11. The van der Waals surface area contributed by atoms with Crippen molar-refractivity contribution in [2.24, 2.45) is 5.92 Å². The summed E-state index contributed by atoms with van der Waals surface area (Å²) in [6.45, 7) is 2.29. The van der Waals surface area contributed by atoms with Crippen molar-refractivity contribution in [3.8, 4) is 0 Å². The van der Waals surface area contributed by atoms with Crippen LogP contribution in [0.1, 0.15) is 22.3 Å². The van der Waals surface area contributed by atoms with Gasteiger partial charge in [0.05, 0.1) is 17.2 Å². The van der Waals surface area contributed by atoms with Gasteiger partial charge in [0.25, 0.3) is 5.91 Å². The lowest BCUT2D eigenvalue weighted by molar-refractivity contribution is -0.122. The number of hydrogen-bond acceptors (Lipinski definition) is 3. The maximum Gasteiger partial charge on any atom is 0.257 e. The van der Waals surface area contributed by atoms with E-state index in [1.165, 1.54) is 0 Å². The summed E-state index contributed by atoms with van der Waals surface area (Å²) in [5.74, 6) is -1.16. The number of benzene rings is 3. The van der Waals surface area contributed by atoms with Crippen LogP contribution in [0.5, 0.6) is 0 Å². The molecule has 0 aromatic heterocycles. The fourth-order valence-corrected chi connectivity index (χ4v) is 3.60. The van der Waals surface area contributed by atoms with Gasteiger partial charge < -0.3 is 15.5 Å². The maximum absolute atomic E-state index is 12.9. The highest BCUT2D eigenvalue weighted by atomic mass is 16.2. The van der Waals surface area contributed by atoms with Crippen LogP contribution in [-0.2, 0) is 9.59 Å². The molecule has 0 saturated carbocycles. The molecule has 3 amide bonds. The van der Waals surface area contributed by atoms with Gasteiger partial charge in [-0.25, -0.2) is 0 Å². The van der Waals surface area contributed by atoms with Crippen LogP contribution in [0.3, 0.4) is 0 Å². The second kappa shape index (κ2) is 8.83. The standard InChI is InChI=1S/C25H23N3O3/c1-17-11-13-20(14-12-17)28-16-18(15-23(28)29)24(30)27-22-10-6-5-9-21(22)25(31)26-19-7-3-2-4-8-19/h2-14,18H,15-16H2,1H3,(H,26,31)(H,27,30)/t18-/m1/s1. The number of carbonyl (C=O) groups excluding carboxylic acids is 3. The molecule has 1 heterocycles. The fourth-order valence-electron chi connectivity index (χ4n) is 3.60. The van der Waals surface area contributed by atoms with Crippen LogP contribution in [0.2, 0.25) is 0 Å². The Bertz CT molecular complexity index is 1110. The van der Waals surface area contributed by atoms with E-state index in [9.17, 15) is 14.4 Å². The smallest absolute Gasteiger partial charge is 0.257 e. The molecule has 6 nitrogen and oxygen atoms in total. The van der Waals surface area contributed by atoms with E-state index < -0.39 is 5.92 Å². The predicted octanol–water partition coefficient (Wildman–Crippen LogP) is 4.24. The van der Waals surface area contributed by atoms with Gasteiger partial charge in [-0.3, -0.25) is 14.4 Å². The first-order valence-electron chi connectivity index (χ1n) is 10.1. The van der Waals surface area contributed by atoms with Crippen molar-refractivity contribution in [3.63, 3.8) is 0 Å². The van der Waals surface area contributed by atoms with Gasteiger partial charge in [-0.1, -0.05) is 48.0 Å². The van der Waals surface area contributed by atoms with Crippen LogP contribution in [-0.4, -0.2) is 24.3 Å². The number of rotatable bonds is 5. The van der Waals surface area contributed by atoms with E-state index in [0.717, 1.165) is 11.3 Å². The third-order valence-corrected chi connectivity index (χ3v) is 5.30. The Balaban J connectivity index is 1.46. The molecule has 1 atom stereocenters. The van der Waals surface area contributed by atoms with Crippen LogP contribution in [0.25, 0.3) is 0 Å². The van der Waals surface area contributed by atoms with Crippen molar-refractivity contribution in [2.75, 3.05) is 22.1 Å². The van der Waals surface area contributed by atoms with Gasteiger partial charge in [0, 0.05) is 24.3 Å². The summed E-state index contributed by atoms with van der Waals surface area (Å²) in [7, 11) is 0. The number of nitrogens with one attached hydrogen (secondary N) is 2. The van der Waals surface area contributed by atoms with Gasteiger partial charge in [-0.15, -0.1) is 0 Å². The van der Waals surface area contributed by atoms with Crippen molar-refractivity contribution in [3.05, 3.63) is 90.0 Å². The second-order valence-corrected chi connectivity index (χ2v) is 7.60. The van der Waals surface area contributed by atoms with E-state index in [-0.39, 0.29) is 24.1 Å². The lowest BCUT2D eigenvalue weighted by Gasteiger charge is -2.17. The van der Waals surface area contributed by atoms with Crippen molar-refractivity contribution in [1.82, 2.24) is 0 Å². The molecule has 156 valence electrons. The summed E-state index contributed by atoms with van der Waals surface area (Å²) < 4.78 is 0. The third-order valence-electron chi connectivity index (χ3n) is 5.30. The lowest BCUT2D eigenvalue weighted by Crippen LogP contribution is -2.28. The molecule has 4 rings (SSSR count). The Morgan fingerprint density at radius 1 is 0.871 bits per heavy atom. The molecule has 3 aromatic rings. The minimum Gasteiger partial charge on any atom is -0.325 e. The Hall–Kier alpha value is -3.93. The maximum atomic E-state index is 12.9. The van der Waals surface area contributed by atoms with E-state index >= 15 is 0 Å². The van der Waals surface area contributed by atoms with Crippen LogP contribution in [0.15, 0.2) is 78.9 Å². The first kappa shape index (κ1) is 20.3. The molecule has 6 heteroatoms. The zero-order valence-corrected chi connectivity index (χ0v) is 17.2. The monoisotopic (exact) mass is 413 g/mol. The SMILES string of the molecule is Cc1ccc(N2C[C@H](C(=O)Nc3ccccc3C(=O)Nc3ccccc3)CC2=O)cc1. The number of amides is 3. The Kier molecular flexibility index (Phi) is 5.80. The Morgan fingerprint density at radius 2 is 1.55 bits per heavy atom. The molecule has 31 heavy (non-hydrogen) atoms. The van der Waals surface area contributed by atoms with Crippen LogP contribution in [0.4, 0.5) is 17.1 Å². The van der Waals surface area contributed by atoms with Crippen molar-refractivity contribution >= 4 is 34.8 Å². The number of para-hydroxylation sites is 2. The first-order chi connectivity index (χ1) is 15.0. The quantitative estimate of drug-likeness (QED) is 0.657. The largest absolute Gasteiger partial charge is 0.325 e. The van der Waals surface area contributed by atoms with Crippen molar-refractivity contribution in [1.29, 1.82) is 0 Å². The lowest BCUT2D eigenvalue weighted by atomic mass is 10.1. The van der Waals surface area contributed by atoms with Gasteiger partial charge in [0.2, 0.25) is 11.8 Å². The second-order valence-electron chi connectivity index (χ2n) is 7.60. The summed E-state index contributed by atoms with van der Waals surface area (Å²) in [6, 6.07) is 23.6. The average molecular weight is 413 g/mol. The molecule has 3 aromatic carbocycles. The topological polar surface area (TPSA) is 78.5 Å². The van der Waals surface area contributed by atoms with E-state index in [4.69, 9.17) is 0 Å². The summed E-state index contributed by atoms with van der Waals surface area (Å²) >= 11 is 0. The molecule has 0 aliphatic carbocycles. The Morgan fingerprint density at radius 3 is 2.29 bits per heavy atom. The molecule has 1 saturated heterocycles. The fraction of sp³-hybridized carbons (Fsp3) is 0.160. The van der Waals surface area contributed by atoms with Gasteiger partial charge in [-0.2, -0.15) is 0 Å². The molecule has 1 aliphatic heterocycles. The van der Waals surface area contributed by atoms with Gasteiger partial charge in [0.15, 0.2) is 0 Å². The van der Waals surface area contributed by atoms with Crippen molar-refractivity contribution < 1.29 is 14.4 Å². The van der Waals surface area contributed by atoms with E-state index in [2.05, 4.69) is 10.6 Å². The minimum atomic E-state index is -0.487. The summed E-state index contributed by atoms with van der Waals surface area (Å²) in [4.78, 5) is 39.8. The summed E-state index contributed by atoms with van der Waals surface area (Å²) in [5.41, 5.74) is 3.34. The van der Waals surface area contributed by atoms with E-state index in [1.807, 2.05) is 49.4 Å². The predicted molar refractivity (Wildman–Crippen MR) is 121 cm³/mol. The van der Waals surface area contributed by atoms with Gasteiger partial charge in [-0.05, 0) is 43.3 Å². The Labute approximate surface area is 180 Å². The summed E-state index contributed by atoms with van der Waals surface area (Å²) in [5, 5.41) is 5.67. The van der Waals surface area contributed by atoms with Gasteiger partial charge >= 0.3 is 0 Å². The zero-order chi connectivity index (χ0) is 21.8. The molecule has 0 spiro atoms. The average Bonchev–Trinajstić information content (AvgIpc) is 3.17. The molecule has 0 bridgehead atoms. The molecular weight excluding hydrogens is 390 g/mol. The molecule has 2 N–H and O–H groups in total. The third kappa shape index (κ3) is 4.64. The zero-order valence-electron chi connectivity index (χ0n) is 17.2. The van der Waals surface area contributed by atoms with Gasteiger partial charge in [0.1, 0.15) is 0 Å². The molecular formula is C25H23N3O3. The van der Waals surface area contributed by atoms with Crippen LogP contribution < -0.4 is 15.5 Å². The van der Waals surface area contributed by atoms with Crippen LogP contribution >= 0.6 is 0 Å². The highest BCUT2D eigenvalue weighted by Gasteiger charge is 2.35. The number of carbonyl (C=O) groups is 3. The highest BCUT2D eigenvalue weighted by Crippen LogP contribution is 2.27. The molecule has 0 radical (unpaired) electrons. The normalized spacial score (nSPS) is 15.6. The van der Waals surface area contributed by atoms with Crippen molar-refractivity contribution in [2.45, 2.75) is 13.3 Å². The number of nitrogens with zero attached hydrogens (tertiary/aromatic N) is 1. The van der Waals surface area contributed by atoms with E-state index in [1.54, 1.807) is 41.3 Å².